The van der Waals surface area contributed by atoms with Crippen LogP contribution in [0.25, 0.3) is 11.4 Å². The molecule has 0 saturated heterocycles. The minimum atomic E-state index is -0.0741. The summed E-state index contributed by atoms with van der Waals surface area (Å²) in [5, 5.41) is 4.01. The van der Waals surface area contributed by atoms with E-state index in [1.165, 1.54) is 0 Å². The molecule has 1 aliphatic rings. The number of anilines is 1. The zero-order valence-corrected chi connectivity index (χ0v) is 13.3. The Labute approximate surface area is 139 Å². The van der Waals surface area contributed by atoms with E-state index in [1.54, 1.807) is 23.2 Å². The van der Waals surface area contributed by atoms with Crippen LogP contribution in [0.5, 0.6) is 0 Å². The maximum Gasteiger partial charge on any atom is 0.276 e. The first-order valence-electron chi connectivity index (χ1n) is 7.95. The molecule has 0 N–H and O–H groups in total. The molecular weight excluding hydrogens is 304 g/mol. The van der Waals surface area contributed by atoms with Crippen LogP contribution in [0.4, 0.5) is 5.69 Å². The van der Waals surface area contributed by atoms with Crippen molar-refractivity contribution in [2.75, 3.05) is 11.4 Å². The summed E-state index contributed by atoms with van der Waals surface area (Å²) >= 11 is 0. The normalized spacial score (nSPS) is 13.1. The summed E-state index contributed by atoms with van der Waals surface area (Å²) in [6.07, 6.45) is 3.15. The van der Waals surface area contributed by atoms with Crippen LogP contribution in [0, 0.1) is 0 Å². The van der Waals surface area contributed by atoms with E-state index in [2.05, 4.69) is 15.1 Å². The van der Waals surface area contributed by atoms with Gasteiger partial charge in [0.05, 0.1) is 0 Å². The Morgan fingerprint density at radius 3 is 2.96 bits per heavy atom. The van der Waals surface area contributed by atoms with Crippen molar-refractivity contribution in [2.24, 2.45) is 0 Å². The molecule has 0 spiro atoms. The number of aryl methyl sites for hydroxylation is 1. The molecule has 6 nitrogen and oxygen atoms in total. The molecule has 2 aromatic heterocycles. The Morgan fingerprint density at radius 1 is 1.29 bits per heavy atom. The maximum absolute atomic E-state index is 12.6. The van der Waals surface area contributed by atoms with Gasteiger partial charge in [0.15, 0.2) is 0 Å². The van der Waals surface area contributed by atoms with Crippen molar-refractivity contribution in [3.63, 3.8) is 0 Å². The van der Waals surface area contributed by atoms with Gasteiger partial charge < -0.3 is 9.42 Å². The van der Waals surface area contributed by atoms with Gasteiger partial charge in [-0.3, -0.25) is 9.78 Å². The molecule has 1 aliphatic heterocycles. The highest BCUT2D eigenvalue weighted by Gasteiger charge is 2.26. The van der Waals surface area contributed by atoms with E-state index in [4.69, 9.17) is 4.52 Å². The van der Waals surface area contributed by atoms with Crippen molar-refractivity contribution < 1.29 is 9.32 Å². The summed E-state index contributed by atoms with van der Waals surface area (Å²) in [5.74, 6) is 1.14. The number of benzene rings is 1. The molecule has 0 atom stereocenters. The summed E-state index contributed by atoms with van der Waals surface area (Å²) in [4.78, 5) is 22.9. The second-order valence-electron chi connectivity index (χ2n) is 5.63. The van der Waals surface area contributed by atoms with Crippen LogP contribution < -0.4 is 4.90 Å². The fraction of sp³-hybridized carbons (Fsp3) is 0.222. The lowest BCUT2D eigenvalue weighted by atomic mass is 10.1. The quantitative estimate of drug-likeness (QED) is 0.742. The number of hydrogen-bond donors (Lipinski definition) is 0. The average molecular weight is 320 g/mol. The third-order valence-electron chi connectivity index (χ3n) is 4.13. The Hall–Kier alpha value is -3.02. The lowest BCUT2D eigenvalue weighted by Crippen LogP contribution is -2.29. The molecule has 0 unspecified atom stereocenters. The first-order valence-corrected chi connectivity index (χ1v) is 7.95. The first kappa shape index (κ1) is 14.6. The van der Waals surface area contributed by atoms with Crippen molar-refractivity contribution >= 4 is 11.6 Å². The third-order valence-corrected chi connectivity index (χ3v) is 4.13. The zero-order chi connectivity index (χ0) is 16.5. The molecule has 0 aliphatic carbocycles. The number of nitrogens with zero attached hydrogens (tertiary/aromatic N) is 4. The SMILES string of the molecule is CCc1nc(-c2ccc3c(c2)CCN3C(=O)c2ccccn2)no1. The molecular formula is C18H16N4O2. The van der Waals surface area contributed by atoms with Gasteiger partial charge in [0.2, 0.25) is 11.7 Å². The van der Waals surface area contributed by atoms with Crippen molar-refractivity contribution in [3.8, 4) is 11.4 Å². The fourth-order valence-electron chi connectivity index (χ4n) is 2.90. The van der Waals surface area contributed by atoms with Crippen LogP contribution >= 0.6 is 0 Å². The standard InChI is InChI=1S/C18H16N4O2/c1-2-16-20-17(21-24-16)13-6-7-15-12(11-13)8-10-22(15)18(23)14-5-3-4-9-19-14/h3-7,9,11H,2,8,10H2,1H3. The number of carbonyl (C=O) groups is 1. The van der Waals surface area contributed by atoms with Crippen LogP contribution in [0.1, 0.15) is 28.9 Å². The molecule has 24 heavy (non-hydrogen) atoms. The summed E-state index contributed by atoms with van der Waals surface area (Å²) < 4.78 is 5.17. The zero-order valence-electron chi connectivity index (χ0n) is 13.3. The second-order valence-corrected chi connectivity index (χ2v) is 5.63. The Bertz CT molecular complexity index is 889. The van der Waals surface area contributed by atoms with Crippen molar-refractivity contribution in [3.05, 3.63) is 59.7 Å². The molecule has 3 heterocycles. The van der Waals surface area contributed by atoms with Gasteiger partial charge in [-0.05, 0) is 42.3 Å². The fourth-order valence-corrected chi connectivity index (χ4v) is 2.90. The van der Waals surface area contributed by atoms with Gasteiger partial charge in [-0.2, -0.15) is 4.98 Å². The summed E-state index contributed by atoms with van der Waals surface area (Å²) in [6.45, 7) is 2.63. The van der Waals surface area contributed by atoms with E-state index >= 15 is 0 Å². The van der Waals surface area contributed by atoms with Crippen LogP contribution in [0.2, 0.25) is 0 Å². The van der Waals surface area contributed by atoms with E-state index in [9.17, 15) is 4.79 Å². The van der Waals surface area contributed by atoms with E-state index in [0.29, 0.717) is 30.4 Å². The molecule has 1 aromatic carbocycles. The van der Waals surface area contributed by atoms with Crippen molar-refractivity contribution in [1.29, 1.82) is 0 Å². The van der Waals surface area contributed by atoms with Crippen molar-refractivity contribution in [2.45, 2.75) is 19.8 Å². The van der Waals surface area contributed by atoms with Gasteiger partial charge in [0, 0.05) is 30.4 Å². The predicted molar refractivity (Wildman–Crippen MR) is 88.7 cm³/mol. The lowest BCUT2D eigenvalue weighted by Gasteiger charge is -2.16. The molecule has 120 valence electrons. The van der Waals surface area contributed by atoms with E-state index in [0.717, 1.165) is 23.2 Å². The van der Waals surface area contributed by atoms with E-state index in [-0.39, 0.29) is 5.91 Å². The predicted octanol–water partition coefficient (Wildman–Crippen LogP) is 2.90. The molecule has 6 heteroatoms. The minimum absolute atomic E-state index is 0.0741. The largest absolute Gasteiger partial charge is 0.339 e. The molecule has 0 bridgehead atoms. The van der Waals surface area contributed by atoms with Gasteiger partial charge in [-0.1, -0.05) is 18.1 Å². The van der Waals surface area contributed by atoms with Crippen molar-refractivity contribution in [1.82, 2.24) is 15.1 Å². The monoisotopic (exact) mass is 320 g/mol. The van der Waals surface area contributed by atoms with Gasteiger partial charge in [-0.25, -0.2) is 0 Å². The molecule has 1 amide bonds. The molecule has 0 radical (unpaired) electrons. The number of pyridine rings is 1. The summed E-state index contributed by atoms with van der Waals surface area (Å²) in [7, 11) is 0. The number of hydrogen-bond acceptors (Lipinski definition) is 5. The highest BCUT2D eigenvalue weighted by molar-refractivity contribution is 6.06. The molecule has 0 saturated carbocycles. The van der Waals surface area contributed by atoms with E-state index in [1.807, 2.05) is 31.2 Å². The van der Waals surface area contributed by atoms with Gasteiger partial charge >= 0.3 is 0 Å². The number of carbonyl (C=O) groups excluding carboxylic acids is 1. The smallest absolute Gasteiger partial charge is 0.276 e. The highest BCUT2D eigenvalue weighted by atomic mass is 16.5. The topological polar surface area (TPSA) is 72.1 Å². The highest BCUT2D eigenvalue weighted by Crippen LogP contribution is 2.32. The first-order chi connectivity index (χ1) is 11.8. The number of aromatic nitrogens is 3. The third kappa shape index (κ3) is 2.46. The molecule has 0 fully saturated rings. The van der Waals surface area contributed by atoms with Crippen LogP contribution in [0.3, 0.4) is 0 Å². The Morgan fingerprint density at radius 2 is 2.21 bits per heavy atom. The van der Waals surface area contributed by atoms with Crippen LogP contribution in [0.15, 0.2) is 47.1 Å². The van der Waals surface area contributed by atoms with Gasteiger partial charge in [0.25, 0.3) is 5.91 Å². The Kier molecular flexibility index (Phi) is 3.57. The molecule has 4 rings (SSSR count). The lowest BCUT2D eigenvalue weighted by molar-refractivity contribution is 0.0984. The Balaban J connectivity index is 1.64. The van der Waals surface area contributed by atoms with Gasteiger partial charge in [0.1, 0.15) is 5.69 Å². The van der Waals surface area contributed by atoms with Gasteiger partial charge in [-0.15, -0.1) is 0 Å². The second kappa shape index (κ2) is 5.88. The summed E-state index contributed by atoms with van der Waals surface area (Å²) in [6, 6.07) is 11.3. The number of amides is 1. The summed E-state index contributed by atoms with van der Waals surface area (Å²) in [5.41, 5.74) is 3.40. The molecule has 3 aromatic rings. The van der Waals surface area contributed by atoms with Crippen LogP contribution in [-0.2, 0) is 12.8 Å². The average Bonchev–Trinajstić information content (AvgIpc) is 3.28. The minimum Gasteiger partial charge on any atom is -0.339 e. The van der Waals surface area contributed by atoms with Crippen LogP contribution in [-0.4, -0.2) is 27.6 Å². The maximum atomic E-state index is 12.6. The van der Waals surface area contributed by atoms with E-state index < -0.39 is 0 Å². The number of rotatable bonds is 3. The number of fused-ring (bicyclic) bond motifs is 1.